The summed E-state index contributed by atoms with van der Waals surface area (Å²) in [5, 5.41) is 1.10. The maximum atomic E-state index is 13.7. The summed E-state index contributed by atoms with van der Waals surface area (Å²) in [6.45, 7) is 10.4. The van der Waals surface area contributed by atoms with E-state index in [9.17, 15) is 4.79 Å². The lowest BCUT2D eigenvalue weighted by molar-refractivity contribution is -0.679. The molecule has 0 aliphatic carbocycles. The summed E-state index contributed by atoms with van der Waals surface area (Å²) in [6.07, 6.45) is 12.2. The molecule has 5 aromatic rings. The number of para-hydroxylation sites is 1. The van der Waals surface area contributed by atoms with Gasteiger partial charge < -0.3 is 21.9 Å². The van der Waals surface area contributed by atoms with E-state index in [-0.39, 0.29) is 22.5 Å². The number of rotatable bonds is 8. The zero-order valence-corrected chi connectivity index (χ0v) is 28.0. The topological polar surface area (TPSA) is 29.1 Å². The van der Waals surface area contributed by atoms with Crippen LogP contribution in [-0.4, -0.2) is 11.1 Å². The molecular weight excluding hydrogens is 646 g/mol. The fourth-order valence-corrected chi connectivity index (χ4v) is 7.85. The summed E-state index contributed by atoms with van der Waals surface area (Å²) in [4.78, 5) is 17.1. The molecular formula is C37H34BrN3OS2. The van der Waals surface area contributed by atoms with E-state index >= 15 is 0 Å². The van der Waals surface area contributed by atoms with E-state index in [0.717, 1.165) is 28.3 Å². The average Bonchev–Trinajstić information content (AvgIpc) is 3.57. The molecule has 7 heteroatoms. The van der Waals surface area contributed by atoms with Crippen LogP contribution in [0.15, 0.2) is 121 Å². The van der Waals surface area contributed by atoms with Gasteiger partial charge in [-0.05, 0) is 55.3 Å². The number of thiazole rings is 2. The lowest BCUT2D eigenvalue weighted by atomic mass is 9.99. The highest BCUT2D eigenvalue weighted by Crippen LogP contribution is 2.36. The van der Waals surface area contributed by atoms with E-state index in [4.69, 9.17) is 0 Å². The quantitative estimate of drug-likeness (QED) is 0.184. The Morgan fingerprint density at radius 1 is 0.864 bits per heavy atom. The molecule has 2 aromatic heterocycles. The van der Waals surface area contributed by atoms with Crippen LogP contribution in [0.1, 0.15) is 24.4 Å². The predicted molar refractivity (Wildman–Crippen MR) is 184 cm³/mol. The summed E-state index contributed by atoms with van der Waals surface area (Å²) in [5.74, 6) is 0. The molecule has 1 aliphatic heterocycles. The number of hydrogen-bond donors (Lipinski definition) is 0. The molecule has 0 radical (unpaired) electrons. The first-order valence-electron chi connectivity index (χ1n) is 14.6. The number of allylic oxidation sites excluding steroid dienone is 4. The van der Waals surface area contributed by atoms with E-state index in [1.54, 1.807) is 17.4 Å². The second-order valence-electron chi connectivity index (χ2n) is 10.2. The van der Waals surface area contributed by atoms with Gasteiger partial charge in [0, 0.05) is 36.1 Å². The Balaban J connectivity index is 0.00000384. The number of fused-ring (bicyclic) bond motifs is 1. The molecule has 0 amide bonds. The second-order valence-corrected chi connectivity index (χ2v) is 12.2. The van der Waals surface area contributed by atoms with Crippen molar-refractivity contribution < 1.29 is 21.5 Å². The molecule has 0 saturated carbocycles. The predicted octanol–water partition coefficient (Wildman–Crippen LogP) is 3.85. The van der Waals surface area contributed by atoms with E-state index in [2.05, 4.69) is 139 Å². The molecule has 1 aliphatic rings. The molecule has 0 bridgehead atoms. The smallest absolute Gasteiger partial charge is 0.269 e. The van der Waals surface area contributed by atoms with E-state index in [1.807, 2.05) is 10.6 Å². The van der Waals surface area contributed by atoms with Crippen LogP contribution in [0.5, 0.6) is 0 Å². The van der Waals surface area contributed by atoms with Gasteiger partial charge in [0.2, 0.25) is 5.69 Å². The molecule has 0 N–H and O–H groups in total. The molecule has 0 atom stereocenters. The Morgan fingerprint density at radius 2 is 1.55 bits per heavy atom. The highest BCUT2D eigenvalue weighted by Gasteiger charge is 2.27. The maximum Gasteiger partial charge on any atom is 0.269 e. The minimum atomic E-state index is 0. The van der Waals surface area contributed by atoms with Crippen LogP contribution >= 0.6 is 22.7 Å². The molecule has 0 spiro atoms. The first-order valence-corrected chi connectivity index (χ1v) is 16.2. The minimum absolute atomic E-state index is 0. The van der Waals surface area contributed by atoms with Crippen LogP contribution in [0.25, 0.3) is 39.4 Å². The molecule has 0 unspecified atom stereocenters. The Morgan fingerprint density at radius 3 is 2.23 bits per heavy atom. The molecule has 3 aromatic carbocycles. The maximum absolute atomic E-state index is 13.7. The number of hydrogen-bond acceptors (Lipinski definition) is 4. The first kappa shape index (κ1) is 31.4. The average molecular weight is 681 g/mol. The Kier molecular flexibility index (Phi) is 10.1. The third-order valence-corrected chi connectivity index (χ3v) is 9.82. The molecule has 0 fully saturated rings. The van der Waals surface area contributed by atoms with Crippen LogP contribution in [-0.2, 0) is 13.1 Å². The molecule has 0 saturated heterocycles. The van der Waals surface area contributed by atoms with Gasteiger partial charge >= 0.3 is 0 Å². The second kappa shape index (κ2) is 14.2. The number of nitrogens with zero attached hydrogens (tertiary/aromatic N) is 3. The van der Waals surface area contributed by atoms with Crippen molar-refractivity contribution in [3.8, 4) is 21.7 Å². The molecule has 4 nitrogen and oxygen atoms in total. The van der Waals surface area contributed by atoms with Gasteiger partial charge in [-0.15, -0.1) is 17.9 Å². The summed E-state index contributed by atoms with van der Waals surface area (Å²) in [7, 11) is 0. The number of benzene rings is 3. The monoisotopic (exact) mass is 679 g/mol. The van der Waals surface area contributed by atoms with Crippen molar-refractivity contribution in [1.82, 2.24) is 4.57 Å². The van der Waals surface area contributed by atoms with Crippen molar-refractivity contribution in [2.45, 2.75) is 26.9 Å². The number of halogens is 1. The summed E-state index contributed by atoms with van der Waals surface area (Å²) in [6, 6.07) is 29.5. The fourth-order valence-electron chi connectivity index (χ4n) is 5.49. The van der Waals surface area contributed by atoms with Crippen molar-refractivity contribution in [3.63, 3.8) is 0 Å². The largest absolute Gasteiger partial charge is 1.00 e. The highest BCUT2D eigenvalue weighted by atomic mass is 79.9. The lowest BCUT2D eigenvalue weighted by Crippen LogP contribution is -3.00. The van der Waals surface area contributed by atoms with Crippen molar-refractivity contribution in [2.24, 2.45) is 0 Å². The summed E-state index contributed by atoms with van der Waals surface area (Å²) >= 11 is 3.29. The van der Waals surface area contributed by atoms with Gasteiger partial charge in [-0.2, -0.15) is 4.57 Å². The fraction of sp³-hybridized carbons (Fsp3) is 0.135. The zero-order valence-electron chi connectivity index (χ0n) is 24.8. The van der Waals surface area contributed by atoms with Crippen LogP contribution in [0.4, 0.5) is 5.69 Å². The number of aromatic nitrogens is 2. The van der Waals surface area contributed by atoms with Gasteiger partial charge in [0.25, 0.3) is 10.6 Å². The Labute approximate surface area is 277 Å². The van der Waals surface area contributed by atoms with Gasteiger partial charge in [-0.3, -0.25) is 9.36 Å². The SMILES string of the molecule is C=CCn1c(=O)/c(=C\C=C2\C=CN(CC)c3ccccc32)s/c1=C\c1sc(-c2ccccc2)c(-c2ccccc2)[n+]1CC.[Br-]. The third kappa shape index (κ3) is 6.13. The van der Waals surface area contributed by atoms with Gasteiger partial charge in [-0.25, -0.2) is 0 Å². The molecule has 3 heterocycles. The van der Waals surface area contributed by atoms with E-state index < -0.39 is 0 Å². The van der Waals surface area contributed by atoms with Gasteiger partial charge in [0.05, 0.1) is 10.6 Å². The summed E-state index contributed by atoms with van der Waals surface area (Å²) < 4.78 is 5.80. The van der Waals surface area contributed by atoms with Crippen molar-refractivity contribution >= 4 is 46.1 Å². The Hall–Kier alpha value is -4.04. The zero-order chi connectivity index (χ0) is 29.8. The van der Waals surface area contributed by atoms with Crippen LogP contribution in [0.3, 0.4) is 0 Å². The summed E-state index contributed by atoms with van der Waals surface area (Å²) in [5.41, 5.74) is 7.00. The van der Waals surface area contributed by atoms with E-state index in [0.29, 0.717) is 11.1 Å². The first-order chi connectivity index (χ1) is 21.1. The van der Waals surface area contributed by atoms with Gasteiger partial charge in [0.1, 0.15) is 16.1 Å². The van der Waals surface area contributed by atoms with Crippen molar-refractivity contribution in [1.29, 1.82) is 0 Å². The highest BCUT2D eigenvalue weighted by molar-refractivity contribution is 7.16. The van der Waals surface area contributed by atoms with Crippen LogP contribution in [0, 0.1) is 0 Å². The normalized spacial score (nSPS) is 14.1. The van der Waals surface area contributed by atoms with Gasteiger partial charge in [-0.1, -0.05) is 90.2 Å². The Bertz CT molecular complexity index is 2020. The van der Waals surface area contributed by atoms with Crippen molar-refractivity contribution in [3.05, 3.63) is 146 Å². The number of anilines is 1. The van der Waals surface area contributed by atoms with Crippen LogP contribution in [0.2, 0.25) is 0 Å². The molecule has 6 rings (SSSR count). The molecule has 44 heavy (non-hydrogen) atoms. The lowest BCUT2D eigenvalue weighted by Gasteiger charge is -2.26. The van der Waals surface area contributed by atoms with Crippen LogP contribution < -0.4 is 41.2 Å². The van der Waals surface area contributed by atoms with Crippen molar-refractivity contribution in [2.75, 3.05) is 11.4 Å². The minimum Gasteiger partial charge on any atom is -1.00 e. The standard InChI is InChI=1S/C37H34N3OS2.BrH/c1-4-24-40-34(42-32(37(40)41)22-21-27-23-25-38(5-2)31-20-14-13-19-30(27)31)26-33-39(6-3)35(28-15-9-7-10-16-28)36(43-33)29-17-11-8-12-18-29;/h4,7-23,25-26H,1,5-6,24H2,2-3H3;1H/q+1;/p-1/b27-21-,32-22+;. The third-order valence-electron chi connectivity index (χ3n) is 7.57. The van der Waals surface area contributed by atoms with E-state index in [1.165, 1.54) is 44.3 Å². The van der Waals surface area contributed by atoms with Gasteiger partial charge in [0.15, 0.2) is 0 Å². The molecule has 222 valence electrons.